The molecule has 1 aromatic carbocycles. The minimum Gasteiger partial charge on any atom is -0.490 e. The molecule has 2 rings (SSSR count). The molecule has 0 saturated heterocycles. The number of unbranched alkanes of at least 4 members (excludes halogenated alkanes) is 5. The van der Waals surface area contributed by atoms with E-state index in [1.807, 2.05) is 0 Å². The molecule has 0 radical (unpaired) electrons. The van der Waals surface area contributed by atoms with E-state index in [4.69, 9.17) is 10.5 Å². The highest BCUT2D eigenvalue weighted by atomic mass is 16.5. The molecule has 2 heteroatoms. The van der Waals surface area contributed by atoms with E-state index < -0.39 is 0 Å². The van der Waals surface area contributed by atoms with Crippen molar-refractivity contribution in [2.45, 2.75) is 63.9 Å². The third-order valence-electron chi connectivity index (χ3n) is 3.98. The number of ether oxygens (including phenoxy) is 1. The molecule has 0 aliphatic carbocycles. The highest BCUT2D eigenvalue weighted by Gasteiger charge is 2.18. The maximum absolute atomic E-state index is 6.06. The van der Waals surface area contributed by atoms with Crippen molar-refractivity contribution in [2.75, 3.05) is 6.54 Å². The van der Waals surface area contributed by atoms with Gasteiger partial charge >= 0.3 is 0 Å². The summed E-state index contributed by atoms with van der Waals surface area (Å²) >= 11 is 0. The maximum Gasteiger partial charge on any atom is 0.122 e. The van der Waals surface area contributed by atoms with Crippen LogP contribution in [0.4, 0.5) is 0 Å². The maximum atomic E-state index is 6.06. The molecule has 0 amide bonds. The van der Waals surface area contributed by atoms with E-state index in [-0.39, 0.29) is 0 Å². The van der Waals surface area contributed by atoms with Crippen molar-refractivity contribution < 1.29 is 4.74 Å². The van der Waals surface area contributed by atoms with Gasteiger partial charge in [0.2, 0.25) is 0 Å². The summed E-state index contributed by atoms with van der Waals surface area (Å²) < 4.78 is 6.06. The Morgan fingerprint density at radius 3 is 2.58 bits per heavy atom. The van der Waals surface area contributed by atoms with Gasteiger partial charge in [0.1, 0.15) is 5.75 Å². The van der Waals surface area contributed by atoms with Gasteiger partial charge < -0.3 is 10.5 Å². The second kappa shape index (κ2) is 8.21. The molecule has 1 atom stereocenters. The van der Waals surface area contributed by atoms with Crippen molar-refractivity contribution in [3.63, 3.8) is 0 Å². The van der Waals surface area contributed by atoms with Crippen molar-refractivity contribution in [2.24, 2.45) is 5.73 Å². The van der Waals surface area contributed by atoms with Crippen LogP contribution < -0.4 is 10.5 Å². The molecule has 0 aromatic heterocycles. The van der Waals surface area contributed by atoms with E-state index in [9.17, 15) is 0 Å². The molecule has 0 fully saturated rings. The normalized spacial score (nSPS) is 17.8. The molecule has 19 heavy (non-hydrogen) atoms. The Kier molecular flexibility index (Phi) is 6.22. The molecule has 1 heterocycles. The first-order valence-corrected chi connectivity index (χ1v) is 7.85. The number of hydrogen-bond acceptors (Lipinski definition) is 2. The number of fused-ring (bicyclic) bond motifs is 1. The summed E-state index contributed by atoms with van der Waals surface area (Å²) in [5, 5.41) is 0. The first-order valence-electron chi connectivity index (χ1n) is 7.85. The Labute approximate surface area is 117 Å². The molecule has 0 saturated carbocycles. The van der Waals surface area contributed by atoms with Crippen molar-refractivity contribution >= 4 is 0 Å². The molecule has 0 bridgehead atoms. The third-order valence-corrected chi connectivity index (χ3v) is 3.98. The molecule has 2 nitrogen and oxygen atoms in total. The fraction of sp³-hybridized carbons (Fsp3) is 0.647. The number of aryl methyl sites for hydroxylation is 1. The highest BCUT2D eigenvalue weighted by molar-refractivity contribution is 5.35. The van der Waals surface area contributed by atoms with E-state index >= 15 is 0 Å². The zero-order valence-electron chi connectivity index (χ0n) is 11.9. The zero-order valence-corrected chi connectivity index (χ0v) is 11.9. The van der Waals surface area contributed by atoms with E-state index in [2.05, 4.69) is 24.3 Å². The first-order chi connectivity index (χ1) is 9.40. The third kappa shape index (κ3) is 4.87. The van der Waals surface area contributed by atoms with Crippen LogP contribution in [-0.4, -0.2) is 12.6 Å². The van der Waals surface area contributed by atoms with Crippen molar-refractivity contribution in [1.29, 1.82) is 0 Å². The van der Waals surface area contributed by atoms with Crippen LogP contribution in [0.25, 0.3) is 0 Å². The van der Waals surface area contributed by atoms with Gasteiger partial charge in [0.25, 0.3) is 0 Å². The summed E-state index contributed by atoms with van der Waals surface area (Å²) in [5.74, 6) is 1.11. The summed E-state index contributed by atoms with van der Waals surface area (Å²) in [5.41, 5.74) is 6.86. The monoisotopic (exact) mass is 261 g/mol. The van der Waals surface area contributed by atoms with E-state index in [0.29, 0.717) is 6.10 Å². The fourth-order valence-electron chi connectivity index (χ4n) is 2.81. The quantitative estimate of drug-likeness (QED) is 0.716. The minimum absolute atomic E-state index is 0.443. The Bertz CT molecular complexity index is 364. The second-order valence-electron chi connectivity index (χ2n) is 5.58. The zero-order chi connectivity index (χ0) is 13.3. The van der Waals surface area contributed by atoms with E-state index in [1.54, 1.807) is 0 Å². The van der Waals surface area contributed by atoms with Crippen LogP contribution in [0.1, 0.15) is 56.9 Å². The van der Waals surface area contributed by atoms with Crippen molar-refractivity contribution in [1.82, 2.24) is 0 Å². The summed E-state index contributed by atoms with van der Waals surface area (Å²) in [6.45, 7) is 0.843. The molecule has 1 aromatic rings. The lowest BCUT2D eigenvalue weighted by atomic mass is 9.98. The summed E-state index contributed by atoms with van der Waals surface area (Å²) in [7, 11) is 0. The van der Waals surface area contributed by atoms with Crippen molar-refractivity contribution in [3.05, 3.63) is 29.8 Å². The molecular weight excluding hydrogens is 234 g/mol. The van der Waals surface area contributed by atoms with Gasteiger partial charge in [-0.15, -0.1) is 0 Å². The van der Waals surface area contributed by atoms with Crippen LogP contribution in [0.2, 0.25) is 0 Å². The predicted molar refractivity (Wildman–Crippen MR) is 80.6 cm³/mol. The fourth-order valence-corrected chi connectivity index (χ4v) is 2.81. The standard InChI is InChI=1S/C17H27NO/c18-14-8-4-2-1-3-5-10-16-13-12-15-9-6-7-11-17(15)19-16/h6-7,9,11,16H,1-5,8,10,12-14,18H2/t16-/m1/s1. The lowest BCUT2D eigenvalue weighted by Gasteiger charge is -2.26. The average Bonchev–Trinajstić information content (AvgIpc) is 2.46. The van der Waals surface area contributed by atoms with E-state index in [0.717, 1.165) is 12.3 Å². The molecular formula is C17H27NO. The summed E-state index contributed by atoms with van der Waals surface area (Å²) in [6, 6.07) is 8.46. The SMILES string of the molecule is NCCCCCCCC[C@@H]1CCc2ccccc2O1. The molecule has 106 valence electrons. The van der Waals surface area contributed by atoms with Crippen molar-refractivity contribution in [3.8, 4) is 5.75 Å². The number of para-hydroxylation sites is 1. The molecule has 0 spiro atoms. The van der Waals surface area contributed by atoms with Gasteiger partial charge in [-0.05, 0) is 50.3 Å². The van der Waals surface area contributed by atoms with Gasteiger partial charge in [-0.3, -0.25) is 0 Å². The lowest BCUT2D eigenvalue weighted by Crippen LogP contribution is -2.22. The Hall–Kier alpha value is -1.02. The van der Waals surface area contributed by atoms with Crippen LogP contribution in [0.5, 0.6) is 5.75 Å². The molecule has 2 N–H and O–H groups in total. The Balaban J connectivity index is 1.58. The number of nitrogens with two attached hydrogens (primary N) is 1. The molecule has 1 aliphatic rings. The highest BCUT2D eigenvalue weighted by Crippen LogP contribution is 2.28. The Morgan fingerprint density at radius 1 is 1.00 bits per heavy atom. The minimum atomic E-state index is 0.443. The van der Waals surface area contributed by atoms with Crippen LogP contribution in [-0.2, 0) is 6.42 Å². The molecule has 0 unspecified atom stereocenters. The average molecular weight is 261 g/mol. The largest absolute Gasteiger partial charge is 0.490 e. The second-order valence-corrected chi connectivity index (χ2v) is 5.58. The van der Waals surface area contributed by atoms with Gasteiger partial charge in [0, 0.05) is 0 Å². The first kappa shape index (κ1) is 14.4. The summed E-state index contributed by atoms with van der Waals surface area (Å²) in [4.78, 5) is 0. The summed E-state index contributed by atoms with van der Waals surface area (Å²) in [6.07, 6.45) is 11.8. The lowest BCUT2D eigenvalue weighted by molar-refractivity contribution is 0.160. The predicted octanol–water partition coefficient (Wildman–Crippen LogP) is 4.07. The number of rotatable bonds is 8. The van der Waals surface area contributed by atoms with Gasteiger partial charge in [-0.1, -0.05) is 43.9 Å². The smallest absolute Gasteiger partial charge is 0.122 e. The topological polar surface area (TPSA) is 35.2 Å². The van der Waals surface area contributed by atoms with Gasteiger partial charge in [-0.2, -0.15) is 0 Å². The number of hydrogen-bond donors (Lipinski definition) is 1. The Morgan fingerprint density at radius 2 is 1.74 bits per heavy atom. The van der Waals surface area contributed by atoms with E-state index in [1.165, 1.54) is 63.4 Å². The van der Waals surface area contributed by atoms with Gasteiger partial charge in [-0.25, -0.2) is 0 Å². The number of benzene rings is 1. The van der Waals surface area contributed by atoms with Gasteiger partial charge in [0.05, 0.1) is 6.10 Å². The van der Waals surface area contributed by atoms with Crippen LogP contribution >= 0.6 is 0 Å². The van der Waals surface area contributed by atoms with Crippen LogP contribution in [0.15, 0.2) is 24.3 Å². The van der Waals surface area contributed by atoms with Crippen LogP contribution in [0.3, 0.4) is 0 Å². The van der Waals surface area contributed by atoms with Crippen LogP contribution in [0, 0.1) is 0 Å². The van der Waals surface area contributed by atoms with Gasteiger partial charge in [0.15, 0.2) is 0 Å². The molecule has 1 aliphatic heterocycles.